The van der Waals surface area contributed by atoms with E-state index < -0.39 is 5.82 Å². The second-order valence-corrected chi connectivity index (χ2v) is 4.71. The van der Waals surface area contributed by atoms with Crippen LogP contribution in [0.25, 0.3) is 11.0 Å². The lowest BCUT2D eigenvalue weighted by Crippen LogP contribution is -1.92. The quantitative estimate of drug-likeness (QED) is 0.730. The van der Waals surface area contributed by atoms with E-state index in [9.17, 15) is 4.39 Å². The van der Waals surface area contributed by atoms with Crippen LogP contribution in [0.5, 0.6) is 11.5 Å². The largest absolute Gasteiger partial charge is 0.452 e. The minimum atomic E-state index is -0.490. The van der Waals surface area contributed by atoms with E-state index >= 15 is 0 Å². The molecule has 0 bridgehead atoms. The van der Waals surface area contributed by atoms with Crippen LogP contribution in [0.1, 0.15) is 0 Å². The maximum atomic E-state index is 13.7. The summed E-state index contributed by atoms with van der Waals surface area (Å²) in [4.78, 5) is 0. The molecule has 0 spiro atoms. The van der Waals surface area contributed by atoms with Crippen molar-refractivity contribution in [2.45, 2.75) is 0 Å². The van der Waals surface area contributed by atoms with E-state index in [1.54, 1.807) is 18.2 Å². The molecule has 0 atom stereocenters. The minimum absolute atomic E-state index is 0.0808. The normalized spacial score (nSPS) is 10.8. The number of hydrogen-bond acceptors (Lipinski definition) is 5. The Balaban J connectivity index is 2.06. The van der Waals surface area contributed by atoms with Crippen molar-refractivity contribution in [1.29, 1.82) is 0 Å². The number of rotatable bonds is 2. The smallest absolute Gasteiger partial charge is 0.179 e. The zero-order chi connectivity index (χ0) is 13.4. The number of nitrogens with two attached hydrogens (primary N) is 1. The van der Waals surface area contributed by atoms with E-state index in [1.165, 1.54) is 12.1 Å². The van der Waals surface area contributed by atoms with Crippen LogP contribution in [0.15, 0.2) is 39.4 Å². The average Bonchev–Trinajstić information content (AvgIpc) is 2.86. The Labute approximate surface area is 115 Å². The van der Waals surface area contributed by atoms with Crippen LogP contribution in [0.2, 0.25) is 0 Å². The summed E-state index contributed by atoms with van der Waals surface area (Å²) in [5.41, 5.74) is 6.86. The first-order valence-corrected chi connectivity index (χ1v) is 6.08. The van der Waals surface area contributed by atoms with Gasteiger partial charge in [0.15, 0.2) is 28.3 Å². The molecule has 0 amide bonds. The Morgan fingerprint density at radius 3 is 2.63 bits per heavy atom. The van der Waals surface area contributed by atoms with Crippen molar-refractivity contribution in [3.05, 3.63) is 40.6 Å². The molecule has 0 saturated carbocycles. The molecule has 3 aromatic rings. The number of benzene rings is 2. The molecule has 0 aliphatic carbocycles. The molecule has 7 heteroatoms. The van der Waals surface area contributed by atoms with E-state index in [0.717, 1.165) is 0 Å². The van der Waals surface area contributed by atoms with Gasteiger partial charge in [0.25, 0.3) is 0 Å². The molecule has 1 heterocycles. The molecule has 0 unspecified atom stereocenters. The Morgan fingerprint density at radius 1 is 1.11 bits per heavy atom. The fourth-order valence-corrected chi connectivity index (χ4v) is 1.95. The van der Waals surface area contributed by atoms with Crippen LogP contribution < -0.4 is 10.5 Å². The summed E-state index contributed by atoms with van der Waals surface area (Å²) in [6, 6.07) is 7.68. The lowest BCUT2D eigenvalue weighted by Gasteiger charge is -2.07. The number of aromatic nitrogens is 2. The first-order chi connectivity index (χ1) is 9.15. The molecule has 0 fully saturated rings. The van der Waals surface area contributed by atoms with Crippen LogP contribution >= 0.6 is 15.9 Å². The molecule has 2 N–H and O–H groups in total. The van der Waals surface area contributed by atoms with Crippen LogP contribution in [0, 0.1) is 5.82 Å². The molecular formula is C12H7BrFN3O2. The molecular weight excluding hydrogens is 317 g/mol. The van der Waals surface area contributed by atoms with Crippen molar-refractivity contribution in [2.24, 2.45) is 0 Å². The molecule has 3 rings (SSSR count). The van der Waals surface area contributed by atoms with E-state index in [4.69, 9.17) is 10.5 Å². The van der Waals surface area contributed by atoms with Crippen LogP contribution in [0.3, 0.4) is 0 Å². The van der Waals surface area contributed by atoms with Gasteiger partial charge in [-0.2, -0.15) is 0 Å². The highest BCUT2D eigenvalue weighted by Gasteiger charge is 2.13. The molecule has 96 valence electrons. The summed E-state index contributed by atoms with van der Waals surface area (Å²) in [5, 5.41) is 7.36. The van der Waals surface area contributed by atoms with Gasteiger partial charge in [-0.1, -0.05) is 15.9 Å². The number of fused-ring (bicyclic) bond motifs is 1. The summed E-state index contributed by atoms with van der Waals surface area (Å²) in [7, 11) is 0. The van der Waals surface area contributed by atoms with Gasteiger partial charge >= 0.3 is 0 Å². The molecule has 19 heavy (non-hydrogen) atoms. The molecule has 5 nitrogen and oxygen atoms in total. The number of nitrogens with zero attached hydrogens (tertiary/aromatic N) is 2. The van der Waals surface area contributed by atoms with Crippen LogP contribution in [0.4, 0.5) is 10.1 Å². The van der Waals surface area contributed by atoms with Gasteiger partial charge in [-0.05, 0) is 40.6 Å². The highest BCUT2D eigenvalue weighted by atomic mass is 79.9. The van der Waals surface area contributed by atoms with Crippen molar-refractivity contribution < 1.29 is 13.8 Å². The zero-order valence-electron chi connectivity index (χ0n) is 9.43. The second kappa shape index (κ2) is 4.51. The molecule has 2 aromatic carbocycles. The molecule has 0 saturated heterocycles. The van der Waals surface area contributed by atoms with Gasteiger partial charge in [-0.3, -0.25) is 0 Å². The Hall–Kier alpha value is -2.15. The van der Waals surface area contributed by atoms with Gasteiger partial charge in [0.05, 0.1) is 5.69 Å². The van der Waals surface area contributed by atoms with Gasteiger partial charge in [-0.25, -0.2) is 9.02 Å². The summed E-state index contributed by atoms with van der Waals surface area (Å²) in [6.07, 6.45) is 0. The molecule has 0 aliphatic rings. The number of halogens is 2. The molecule has 0 radical (unpaired) electrons. The van der Waals surface area contributed by atoms with E-state index in [0.29, 0.717) is 26.9 Å². The van der Waals surface area contributed by atoms with Crippen molar-refractivity contribution >= 4 is 32.7 Å². The third kappa shape index (κ3) is 2.12. The van der Waals surface area contributed by atoms with E-state index in [2.05, 4.69) is 30.9 Å². The van der Waals surface area contributed by atoms with E-state index in [-0.39, 0.29) is 5.75 Å². The number of nitrogen functional groups attached to an aromatic ring is 1. The lowest BCUT2D eigenvalue weighted by molar-refractivity contribution is 0.314. The van der Waals surface area contributed by atoms with Crippen molar-refractivity contribution in [3.8, 4) is 11.5 Å². The third-order valence-corrected chi connectivity index (χ3v) is 3.02. The standard InChI is InChI=1S/C12H7BrFN3O2/c13-6-1-3-9(7(14)5-6)18-10-4-2-8(15)11-12(10)17-19-16-11/h1-5H,15H2. The SMILES string of the molecule is Nc1ccc(Oc2ccc(Br)cc2F)c2nonc12. The summed E-state index contributed by atoms with van der Waals surface area (Å²) in [5.74, 6) is -0.0836. The first-order valence-electron chi connectivity index (χ1n) is 5.29. The molecule has 0 aliphatic heterocycles. The van der Waals surface area contributed by atoms with Gasteiger partial charge in [-0.15, -0.1) is 0 Å². The zero-order valence-corrected chi connectivity index (χ0v) is 11.0. The van der Waals surface area contributed by atoms with Crippen LogP contribution in [-0.2, 0) is 0 Å². The summed E-state index contributed by atoms with van der Waals surface area (Å²) < 4.78 is 24.4. The third-order valence-electron chi connectivity index (χ3n) is 2.52. The van der Waals surface area contributed by atoms with Crippen molar-refractivity contribution in [3.63, 3.8) is 0 Å². The Bertz CT molecular complexity index is 760. The van der Waals surface area contributed by atoms with Gasteiger partial charge in [0, 0.05) is 4.47 Å². The Morgan fingerprint density at radius 2 is 1.84 bits per heavy atom. The van der Waals surface area contributed by atoms with Gasteiger partial charge < -0.3 is 10.5 Å². The maximum absolute atomic E-state index is 13.7. The highest BCUT2D eigenvalue weighted by molar-refractivity contribution is 9.10. The number of ether oxygens (including phenoxy) is 1. The number of anilines is 1. The monoisotopic (exact) mass is 323 g/mol. The maximum Gasteiger partial charge on any atom is 0.179 e. The predicted octanol–water partition coefficient (Wildman–Crippen LogP) is 3.50. The lowest BCUT2D eigenvalue weighted by atomic mass is 10.2. The fourth-order valence-electron chi connectivity index (χ4n) is 1.62. The summed E-state index contributed by atoms with van der Waals surface area (Å²) in [6.45, 7) is 0. The molecule has 1 aromatic heterocycles. The fraction of sp³-hybridized carbons (Fsp3) is 0. The highest BCUT2D eigenvalue weighted by Crippen LogP contribution is 2.32. The minimum Gasteiger partial charge on any atom is -0.452 e. The summed E-state index contributed by atoms with van der Waals surface area (Å²) >= 11 is 3.18. The first kappa shape index (κ1) is 11.9. The van der Waals surface area contributed by atoms with E-state index in [1.807, 2.05) is 0 Å². The van der Waals surface area contributed by atoms with Gasteiger partial charge in [0.2, 0.25) is 0 Å². The second-order valence-electron chi connectivity index (χ2n) is 3.79. The predicted molar refractivity (Wildman–Crippen MR) is 70.4 cm³/mol. The average molecular weight is 324 g/mol. The Kier molecular flexibility index (Phi) is 2.83. The van der Waals surface area contributed by atoms with Crippen molar-refractivity contribution in [1.82, 2.24) is 10.3 Å². The van der Waals surface area contributed by atoms with Crippen LogP contribution in [-0.4, -0.2) is 10.3 Å². The van der Waals surface area contributed by atoms with Gasteiger partial charge in [0.1, 0.15) is 0 Å². The topological polar surface area (TPSA) is 74.2 Å². The number of hydrogen-bond donors (Lipinski definition) is 1. The van der Waals surface area contributed by atoms with Crippen molar-refractivity contribution in [2.75, 3.05) is 5.73 Å².